The third-order valence-corrected chi connectivity index (χ3v) is 12.6. The van der Waals surface area contributed by atoms with Crippen molar-refractivity contribution in [3.63, 3.8) is 0 Å². The van der Waals surface area contributed by atoms with Crippen LogP contribution < -0.4 is 0 Å². The molecule has 546 valence electrons. The Morgan fingerprint density at radius 3 is 0.853 bits per heavy atom. The normalized spacial score (nSPS) is 9.92. The van der Waals surface area contributed by atoms with Gasteiger partial charge in [-0.15, -0.1) is 0 Å². The van der Waals surface area contributed by atoms with Crippen LogP contribution in [0.5, 0.6) is 0 Å². The Balaban J connectivity index is -0.000000250. The predicted octanol–water partition coefficient (Wildman–Crippen LogP) is 9.70. The first kappa shape index (κ1) is 98.2. The summed E-state index contributed by atoms with van der Waals surface area (Å²) in [6.07, 6.45) is 19.5. The average Bonchev–Trinajstić information content (AvgIpc) is 1.60. The van der Waals surface area contributed by atoms with E-state index in [1.165, 1.54) is 43.4 Å². The SMILES string of the molecule is C=CC(=O)N(C)CCCCOC(=O)C(C)(C)C.C=CC(=O)N(C)CCCCOC(=O)C(C)C.C=CC(=O)N(C)CCCCOC(=O)CC.C=CC(=O)N(C)CCCCOC(=O)CC(C)C.C=CC(=O)N(C)CCCCOC(=O)CCC.C=CC(=O)N(C)CCCCOC(C)=O. The van der Waals surface area contributed by atoms with E-state index in [9.17, 15) is 57.5 Å². The summed E-state index contributed by atoms with van der Waals surface area (Å²) < 4.78 is 29.8. The molecule has 0 aliphatic carbocycles. The second-order valence-electron chi connectivity index (χ2n) is 23.4. The highest BCUT2D eigenvalue weighted by atomic mass is 16.6. The number of rotatable bonds is 42. The van der Waals surface area contributed by atoms with Gasteiger partial charge in [0.05, 0.1) is 51.0 Å². The van der Waals surface area contributed by atoms with Crippen LogP contribution in [0.25, 0.3) is 0 Å². The third-order valence-electron chi connectivity index (χ3n) is 12.6. The number of esters is 6. The minimum absolute atomic E-state index is 0.0787. The molecular formula is C71H124N6O18. The molecule has 0 aromatic rings. The molecule has 0 unspecified atom stereocenters. The number of hydrogen-bond donors (Lipinski definition) is 0. The standard InChI is InChI=1S/2C13H23NO3.2C12H21NO3.C11H19NO3.C10H17NO3/c1-6-11(15)14(5)9-7-8-10-17-12(16)13(2,3)4;1-5-12(15)14(4)8-6-7-9-17-13(16)10-11(2)3;1-5-11(14)13(4)8-6-7-9-16-12(15)10(2)3;1-4-8-12(15)16-10-7-6-9-13(3)11(14)5-2;1-4-10(13)12(3)8-6-7-9-15-11(14)5-2;1-4-10(13)11(3)7-5-6-8-14-9(2)12/h6H,1,7-10H2,2-5H3;5,11H,1,6-10H2,2-4H3;5,10H,1,6-9H2,2-4H3;5H,2,4,6-10H2,1,3H3;4H,1,5-9H2,2-3H3;4H,1,5-8H2,2-3H3. The van der Waals surface area contributed by atoms with Gasteiger partial charge in [-0.2, -0.15) is 0 Å². The largest absolute Gasteiger partial charge is 0.466 e. The average molecular weight is 1350 g/mol. The molecule has 0 heterocycles. The van der Waals surface area contributed by atoms with Crippen molar-refractivity contribution in [2.24, 2.45) is 17.3 Å². The number of carbonyl (C=O) groups is 12. The zero-order valence-electron chi connectivity index (χ0n) is 61.2. The van der Waals surface area contributed by atoms with Gasteiger partial charge >= 0.3 is 35.8 Å². The lowest BCUT2D eigenvalue weighted by Crippen LogP contribution is -2.26. The van der Waals surface area contributed by atoms with Crippen LogP contribution in [0.2, 0.25) is 0 Å². The molecular weight excluding hydrogens is 1220 g/mol. The van der Waals surface area contributed by atoms with Gasteiger partial charge in [0.1, 0.15) is 0 Å². The minimum Gasteiger partial charge on any atom is -0.466 e. The smallest absolute Gasteiger partial charge is 0.311 e. The molecule has 0 bridgehead atoms. The molecule has 0 spiro atoms. The highest BCUT2D eigenvalue weighted by Crippen LogP contribution is 2.15. The van der Waals surface area contributed by atoms with Crippen LogP contribution in [0.3, 0.4) is 0 Å². The maximum atomic E-state index is 11.4. The Morgan fingerprint density at radius 1 is 0.368 bits per heavy atom. The van der Waals surface area contributed by atoms with Crippen molar-refractivity contribution in [3.8, 4) is 0 Å². The van der Waals surface area contributed by atoms with Gasteiger partial charge in [0.25, 0.3) is 0 Å². The fraction of sp³-hybridized carbons (Fsp3) is 0.662. The van der Waals surface area contributed by atoms with Gasteiger partial charge in [-0.05, 0) is 147 Å². The lowest BCUT2D eigenvalue weighted by Gasteiger charge is -2.17. The van der Waals surface area contributed by atoms with Crippen LogP contribution in [0.15, 0.2) is 75.9 Å². The molecule has 0 aliphatic heterocycles. The fourth-order valence-electron chi connectivity index (χ4n) is 6.57. The van der Waals surface area contributed by atoms with E-state index in [1.807, 2.05) is 41.5 Å². The molecule has 24 nitrogen and oxygen atoms in total. The number of ether oxygens (including phenoxy) is 6. The summed E-state index contributed by atoms with van der Waals surface area (Å²) >= 11 is 0. The molecule has 95 heavy (non-hydrogen) atoms. The maximum Gasteiger partial charge on any atom is 0.311 e. The van der Waals surface area contributed by atoms with Gasteiger partial charge in [0.2, 0.25) is 35.4 Å². The summed E-state index contributed by atoms with van der Waals surface area (Å²) in [5.41, 5.74) is -0.449. The van der Waals surface area contributed by atoms with E-state index in [2.05, 4.69) is 39.5 Å². The van der Waals surface area contributed by atoms with E-state index in [0.29, 0.717) is 104 Å². The Labute approximate surface area is 570 Å². The highest BCUT2D eigenvalue weighted by molar-refractivity contribution is 5.88. The summed E-state index contributed by atoms with van der Waals surface area (Å²) in [6.45, 7) is 45.1. The van der Waals surface area contributed by atoms with E-state index in [0.717, 1.165) is 83.5 Å². The maximum absolute atomic E-state index is 11.4. The zero-order valence-corrected chi connectivity index (χ0v) is 61.2. The molecule has 0 saturated heterocycles. The van der Waals surface area contributed by atoms with E-state index in [1.54, 1.807) is 92.5 Å². The van der Waals surface area contributed by atoms with Crippen molar-refractivity contribution in [2.75, 3.05) is 121 Å². The number of nitrogens with zero attached hydrogens (tertiary/aromatic N) is 6. The summed E-state index contributed by atoms with van der Waals surface area (Å²) in [5.74, 6) is -1.33. The van der Waals surface area contributed by atoms with Crippen molar-refractivity contribution < 1.29 is 86.0 Å². The molecule has 0 aromatic carbocycles. The van der Waals surface area contributed by atoms with Crippen LogP contribution in [0.4, 0.5) is 0 Å². The van der Waals surface area contributed by atoms with Crippen molar-refractivity contribution >= 4 is 71.3 Å². The molecule has 0 aromatic heterocycles. The number of amides is 6. The van der Waals surface area contributed by atoms with Crippen LogP contribution in [0.1, 0.15) is 172 Å². The van der Waals surface area contributed by atoms with E-state index < -0.39 is 5.41 Å². The molecule has 6 amide bonds. The van der Waals surface area contributed by atoms with E-state index in [-0.39, 0.29) is 77.2 Å². The third kappa shape index (κ3) is 67.3. The van der Waals surface area contributed by atoms with Gasteiger partial charge in [-0.1, -0.05) is 81.0 Å². The zero-order chi connectivity index (χ0) is 74.3. The van der Waals surface area contributed by atoms with Crippen molar-refractivity contribution in [2.45, 2.75) is 172 Å². The predicted molar refractivity (Wildman–Crippen MR) is 373 cm³/mol. The van der Waals surface area contributed by atoms with Gasteiger partial charge in [-0.25, -0.2) is 0 Å². The quantitative estimate of drug-likeness (QED) is 0.0238. The lowest BCUT2D eigenvalue weighted by atomic mass is 9.97. The molecule has 0 aliphatic rings. The van der Waals surface area contributed by atoms with Crippen LogP contribution in [0, 0.1) is 17.3 Å². The summed E-state index contributed by atoms with van der Waals surface area (Å²) in [6, 6.07) is 0. The van der Waals surface area contributed by atoms with Crippen LogP contribution >= 0.6 is 0 Å². The van der Waals surface area contributed by atoms with Gasteiger partial charge in [0.15, 0.2) is 0 Å². The molecule has 0 radical (unpaired) electrons. The lowest BCUT2D eigenvalue weighted by molar-refractivity contribution is -0.153. The first-order valence-electron chi connectivity index (χ1n) is 32.7. The molecule has 0 fully saturated rings. The van der Waals surface area contributed by atoms with Gasteiger partial charge < -0.3 is 57.8 Å². The minimum atomic E-state index is -0.449. The number of unbranched alkanes of at least 4 members (excludes halogenated alkanes) is 6. The first-order valence-corrected chi connectivity index (χ1v) is 32.7. The summed E-state index contributed by atoms with van der Waals surface area (Å²) in [4.78, 5) is 142. The fourth-order valence-corrected chi connectivity index (χ4v) is 6.57. The van der Waals surface area contributed by atoms with Crippen LogP contribution in [-0.4, -0.2) is 222 Å². The van der Waals surface area contributed by atoms with Gasteiger partial charge in [0, 0.05) is 108 Å². The van der Waals surface area contributed by atoms with Crippen molar-refractivity contribution in [3.05, 3.63) is 75.9 Å². The molecule has 0 atom stereocenters. The summed E-state index contributed by atoms with van der Waals surface area (Å²) in [7, 11) is 10.4. The van der Waals surface area contributed by atoms with E-state index in [4.69, 9.17) is 28.4 Å². The first-order chi connectivity index (χ1) is 44.5. The molecule has 0 N–H and O–H groups in total. The van der Waals surface area contributed by atoms with E-state index >= 15 is 0 Å². The van der Waals surface area contributed by atoms with Crippen molar-refractivity contribution in [1.29, 1.82) is 0 Å². The summed E-state index contributed by atoms with van der Waals surface area (Å²) in [5, 5.41) is 0. The monoisotopic (exact) mass is 1350 g/mol. The second kappa shape index (κ2) is 64.8. The molecule has 24 heteroatoms. The molecule has 0 rings (SSSR count). The van der Waals surface area contributed by atoms with Crippen LogP contribution in [-0.2, 0) is 86.0 Å². The number of likely N-dealkylation sites (N-methyl/N-ethyl adjacent to an activating group) is 6. The second-order valence-corrected chi connectivity index (χ2v) is 23.4. The highest BCUT2D eigenvalue weighted by Gasteiger charge is 2.22. The Kier molecular flexibility index (Phi) is 66.9. The number of hydrogen-bond acceptors (Lipinski definition) is 18. The topological polar surface area (TPSA) is 280 Å². The van der Waals surface area contributed by atoms with Gasteiger partial charge in [-0.3, -0.25) is 57.5 Å². The van der Waals surface area contributed by atoms with Crippen molar-refractivity contribution in [1.82, 2.24) is 29.4 Å². The molecule has 0 saturated carbocycles. The Hall–Kier alpha value is -7.92. The Bertz CT molecular complexity index is 2260. The number of carbonyl (C=O) groups excluding carboxylic acids is 12. The Morgan fingerprint density at radius 2 is 0.621 bits per heavy atom.